The average molecular weight is 294 g/mol. The Kier molecular flexibility index (Phi) is 3.48. The van der Waals surface area contributed by atoms with Crippen LogP contribution in [0.25, 0.3) is 0 Å². The maximum Gasteiger partial charge on any atom is 0.159 e. The van der Waals surface area contributed by atoms with E-state index in [1.807, 2.05) is 24.3 Å². The van der Waals surface area contributed by atoms with Gasteiger partial charge in [-0.25, -0.2) is 8.78 Å². The summed E-state index contributed by atoms with van der Waals surface area (Å²) in [7, 11) is 0. The molecule has 20 heavy (non-hydrogen) atoms. The van der Waals surface area contributed by atoms with Gasteiger partial charge in [-0.2, -0.15) is 0 Å². The fourth-order valence-electron chi connectivity index (χ4n) is 2.70. The van der Waals surface area contributed by atoms with Crippen molar-refractivity contribution in [1.29, 1.82) is 0 Å². The third-order valence-corrected chi connectivity index (χ3v) is 4.16. The van der Waals surface area contributed by atoms with E-state index in [0.29, 0.717) is 11.4 Å². The molecule has 4 heteroatoms. The summed E-state index contributed by atoms with van der Waals surface area (Å²) in [5.41, 5.74) is 1.92. The fourth-order valence-corrected chi connectivity index (χ4v) is 2.83. The predicted octanol–water partition coefficient (Wildman–Crippen LogP) is 3.70. The molecular weight excluding hydrogens is 280 g/mol. The highest BCUT2D eigenvalue weighted by molar-refractivity contribution is 6.30. The van der Waals surface area contributed by atoms with Gasteiger partial charge in [0.15, 0.2) is 11.6 Å². The number of hydrogen-bond acceptors (Lipinski definition) is 1. The molecule has 0 aromatic heterocycles. The van der Waals surface area contributed by atoms with Crippen LogP contribution in [-0.2, 0) is 11.8 Å². The second kappa shape index (κ2) is 5.15. The maximum atomic E-state index is 13.3. The molecular formula is C16H14ClF2N. The highest BCUT2D eigenvalue weighted by Crippen LogP contribution is 2.33. The van der Waals surface area contributed by atoms with Crippen LogP contribution in [0.5, 0.6) is 0 Å². The number of rotatable bonds is 3. The molecule has 1 aliphatic heterocycles. The zero-order valence-corrected chi connectivity index (χ0v) is 11.6. The molecule has 1 saturated heterocycles. The van der Waals surface area contributed by atoms with Crippen LogP contribution in [0.15, 0.2) is 42.5 Å². The average Bonchev–Trinajstić information content (AvgIpc) is 2.39. The Morgan fingerprint density at radius 2 is 1.70 bits per heavy atom. The number of benzene rings is 2. The van der Waals surface area contributed by atoms with Gasteiger partial charge in [0.2, 0.25) is 0 Å². The van der Waals surface area contributed by atoms with Gasteiger partial charge in [-0.1, -0.05) is 29.8 Å². The summed E-state index contributed by atoms with van der Waals surface area (Å²) in [5.74, 6) is -1.60. The molecule has 0 radical (unpaired) electrons. The number of nitrogens with one attached hydrogen (secondary N) is 1. The van der Waals surface area contributed by atoms with Crippen molar-refractivity contribution in [3.05, 3.63) is 70.2 Å². The largest absolute Gasteiger partial charge is 0.315 e. The summed E-state index contributed by atoms with van der Waals surface area (Å²) in [6.07, 6.45) is 0.679. The Bertz CT molecular complexity index is 621. The zero-order chi connectivity index (χ0) is 14.2. The van der Waals surface area contributed by atoms with Gasteiger partial charge in [-0.15, -0.1) is 0 Å². The van der Waals surface area contributed by atoms with Crippen LogP contribution in [0, 0.1) is 11.6 Å². The van der Waals surface area contributed by atoms with E-state index in [-0.39, 0.29) is 5.41 Å². The van der Waals surface area contributed by atoms with Crippen molar-refractivity contribution in [3.63, 3.8) is 0 Å². The van der Waals surface area contributed by atoms with Gasteiger partial charge in [-0.05, 0) is 41.8 Å². The molecule has 1 nitrogen and oxygen atoms in total. The second-order valence-electron chi connectivity index (χ2n) is 5.32. The molecule has 0 atom stereocenters. The van der Waals surface area contributed by atoms with E-state index in [0.717, 1.165) is 18.7 Å². The first kappa shape index (κ1) is 13.5. The lowest BCUT2D eigenvalue weighted by Crippen LogP contribution is -2.58. The van der Waals surface area contributed by atoms with Crippen LogP contribution >= 0.6 is 11.6 Å². The Morgan fingerprint density at radius 3 is 2.25 bits per heavy atom. The smallest absolute Gasteiger partial charge is 0.159 e. The monoisotopic (exact) mass is 293 g/mol. The lowest BCUT2D eigenvalue weighted by Gasteiger charge is -2.43. The molecule has 1 N–H and O–H groups in total. The summed E-state index contributed by atoms with van der Waals surface area (Å²) < 4.78 is 26.3. The standard InChI is InChI=1S/C16H14ClF2N/c17-13-4-2-12(3-5-13)16(9-20-10-16)8-11-1-6-14(18)15(19)7-11/h1-7,20H,8-10H2. The van der Waals surface area contributed by atoms with Crippen LogP contribution in [0.2, 0.25) is 5.02 Å². The molecule has 0 bridgehead atoms. The van der Waals surface area contributed by atoms with Gasteiger partial charge >= 0.3 is 0 Å². The number of hydrogen-bond donors (Lipinski definition) is 1. The third kappa shape index (κ3) is 2.43. The summed E-state index contributed by atoms with van der Waals surface area (Å²) in [4.78, 5) is 0. The van der Waals surface area contributed by atoms with E-state index < -0.39 is 11.6 Å². The summed E-state index contributed by atoms with van der Waals surface area (Å²) in [6.45, 7) is 1.65. The SMILES string of the molecule is Fc1ccc(CC2(c3ccc(Cl)cc3)CNC2)cc1F. The van der Waals surface area contributed by atoms with E-state index in [9.17, 15) is 8.78 Å². The van der Waals surface area contributed by atoms with E-state index in [1.54, 1.807) is 6.07 Å². The van der Waals surface area contributed by atoms with Crippen molar-refractivity contribution in [3.8, 4) is 0 Å². The van der Waals surface area contributed by atoms with Crippen molar-refractivity contribution in [2.75, 3.05) is 13.1 Å². The van der Waals surface area contributed by atoms with Crippen molar-refractivity contribution in [2.45, 2.75) is 11.8 Å². The summed E-state index contributed by atoms with van der Waals surface area (Å²) in [5, 5.41) is 3.96. The predicted molar refractivity (Wildman–Crippen MR) is 76.1 cm³/mol. The minimum absolute atomic E-state index is 0.0607. The molecule has 2 aromatic carbocycles. The van der Waals surface area contributed by atoms with Gasteiger partial charge in [0.25, 0.3) is 0 Å². The Balaban J connectivity index is 1.89. The summed E-state index contributed by atoms with van der Waals surface area (Å²) in [6, 6.07) is 11.8. The lowest BCUT2D eigenvalue weighted by atomic mass is 9.71. The Morgan fingerprint density at radius 1 is 1.00 bits per heavy atom. The van der Waals surface area contributed by atoms with Gasteiger partial charge in [-0.3, -0.25) is 0 Å². The van der Waals surface area contributed by atoms with Gasteiger partial charge in [0.05, 0.1) is 0 Å². The van der Waals surface area contributed by atoms with E-state index >= 15 is 0 Å². The van der Waals surface area contributed by atoms with Crippen LogP contribution in [0.3, 0.4) is 0 Å². The number of halogens is 3. The first-order valence-corrected chi connectivity index (χ1v) is 6.88. The summed E-state index contributed by atoms with van der Waals surface area (Å²) >= 11 is 5.91. The van der Waals surface area contributed by atoms with Crippen molar-refractivity contribution < 1.29 is 8.78 Å². The molecule has 1 aliphatic rings. The quantitative estimate of drug-likeness (QED) is 0.910. The van der Waals surface area contributed by atoms with Crippen LogP contribution in [0.1, 0.15) is 11.1 Å². The minimum Gasteiger partial charge on any atom is -0.315 e. The maximum absolute atomic E-state index is 13.3. The van der Waals surface area contributed by atoms with Crippen molar-refractivity contribution >= 4 is 11.6 Å². The topological polar surface area (TPSA) is 12.0 Å². The lowest BCUT2D eigenvalue weighted by molar-refractivity contribution is 0.274. The van der Waals surface area contributed by atoms with Crippen molar-refractivity contribution in [1.82, 2.24) is 5.32 Å². The minimum atomic E-state index is -0.805. The molecule has 104 valence electrons. The van der Waals surface area contributed by atoms with E-state index in [1.165, 1.54) is 17.7 Å². The molecule has 0 saturated carbocycles. The molecule has 0 spiro atoms. The molecule has 1 heterocycles. The first-order valence-electron chi connectivity index (χ1n) is 6.50. The van der Waals surface area contributed by atoms with Crippen LogP contribution in [0.4, 0.5) is 8.78 Å². The van der Waals surface area contributed by atoms with Crippen molar-refractivity contribution in [2.24, 2.45) is 0 Å². The third-order valence-electron chi connectivity index (χ3n) is 3.91. The highest BCUT2D eigenvalue weighted by atomic mass is 35.5. The Hall–Kier alpha value is -1.45. The zero-order valence-electron chi connectivity index (χ0n) is 10.8. The second-order valence-corrected chi connectivity index (χ2v) is 5.75. The molecule has 0 aliphatic carbocycles. The molecule has 0 amide bonds. The Labute approximate surface area is 121 Å². The molecule has 1 fully saturated rings. The van der Waals surface area contributed by atoms with E-state index in [4.69, 9.17) is 11.6 Å². The molecule has 2 aromatic rings. The van der Waals surface area contributed by atoms with E-state index in [2.05, 4.69) is 5.32 Å². The van der Waals surface area contributed by atoms with Gasteiger partial charge in [0, 0.05) is 23.5 Å². The normalized spacial score (nSPS) is 16.8. The fraction of sp³-hybridized carbons (Fsp3) is 0.250. The first-order chi connectivity index (χ1) is 9.59. The van der Waals surface area contributed by atoms with Gasteiger partial charge < -0.3 is 5.32 Å². The van der Waals surface area contributed by atoms with Gasteiger partial charge in [0.1, 0.15) is 0 Å². The molecule has 3 rings (SSSR count). The molecule has 0 unspecified atom stereocenters. The van der Waals surface area contributed by atoms with Crippen LogP contribution in [-0.4, -0.2) is 13.1 Å². The highest BCUT2D eigenvalue weighted by Gasteiger charge is 2.38. The van der Waals surface area contributed by atoms with Crippen LogP contribution < -0.4 is 5.32 Å².